The lowest BCUT2D eigenvalue weighted by atomic mass is 10.0. The summed E-state index contributed by atoms with van der Waals surface area (Å²) in [5, 5.41) is 0. The van der Waals surface area contributed by atoms with Gasteiger partial charge in [0.2, 0.25) is 5.91 Å². The zero-order valence-electron chi connectivity index (χ0n) is 12.5. The van der Waals surface area contributed by atoms with E-state index in [1.54, 1.807) is 4.90 Å². The molecule has 0 radical (unpaired) electrons. The third-order valence-electron chi connectivity index (χ3n) is 3.48. The summed E-state index contributed by atoms with van der Waals surface area (Å²) in [7, 11) is 1.82. The van der Waals surface area contributed by atoms with Crippen molar-refractivity contribution < 1.29 is 4.79 Å². The van der Waals surface area contributed by atoms with Gasteiger partial charge >= 0.3 is 0 Å². The van der Waals surface area contributed by atoms with E-state index in [-0.39, 0.29) is 5.91 Å². The first-order valence-corrected chi connectivity index (χ1v) is 7.25. The predicted molar refractivity (Wildman–Crippen MR) is 85.8 cm³/mol. The second kappa shape index (κ2) is 7.60. The smallest absolute Gasteiger partial charge is 0.223 e. The Kier molecular flexibility index (Phi) is 5.52. The monoisotopic (exact) mass is 282 g/mol. The molecule has 1 amide bonds. The van der Waals surface area contributed by atoms with Gasteiger partial charge in [-0.3, -0.25) is 4.79 Å². The Labute approximate surface area is 126 Å². The van der Waals surface area contributed by atoms with Gasteiger partial charge in [-0.25, -0.2) is 0 Å². The number of rotatable bonds is 6. The number of carbonyl (C=O) groups excluding carboxylic acids is 1. The molecule has 2 N–H and O–H groups in total. The first-order chi connectivity index (χ1) is 10.2. The summed E-state index contributed by atoms with van der Waals surface area (Å²) < 4.78 is 0. The standard InChI is InChI=1S/C18H22N2O/c1-20(18(21)11-12-19)14-17-9-7-16(8-10-17)13-15-5-3-2-4-6-15/h2-10H,11-14,19H2,1H3. The van der Waals surface area contributed by atoms with Crippen LogP contribution in [0.25, 0.3) is 0 Å². The van der Waals surface area contributed by atoms with E-state index in [9.17, 15) is 4.79 Å². The van der Waals surface area contributed by atoms with Gasteiger partial charge in [0, 0.05) is 26.6 Å². The maximum Gasteiger partial charge on any atom is 0.223 e. The van der Waals surface area contributed by atoms with Crippen molar-refractivity contribution in [3.8, 4) is 0 Å². The summed E-state index contributed by atoms with van der Waals surface area (Å²) >= 11 is 0. The number of benzene rings is 2. The Balaban J connectivity index is 1.94. The van der Waals surface area contributed by atoms with Crippen LogP contribution in [0.3, 0.4) is 0 Å². The summed E-state index contributed by atoms with van der Waals surface area (Å²) in [6.45, 7) is 1.03. The van der Waals surface area contributed by atoms with Crippen molar-refractivity contribution in [2.75, 3.05) is 13.6 Å². The van der Waals surface area contributed by atoms with Gasteiger partial charge in [0.1, 0.15) is 0 Å². The Hall–Kier alpha value is -2.13. The third-order valence-corrected chi connectivity index (χ3v) is 3.48. The van der Waals surface area contributed by atoms with E-state index >= 15 is 0 Å². The second-order valence-electron chi connectivity index (χ2n) is 5.27. The van der Waals surface area contributed by atoms with E-state index in [1.807, 2.05) is 13.1 Å². The van der Waals surface area contributed by atoms with Crippen molar-refractivity contribution in [3.63, 3.8) is 0 Å². The number of amides is 1. The Morgan fingerprint density at radius 3 is 2.14 bits per heavy atom. The minimum absolute atomic E-state index is 0.0888. The summed E-state index contributed by atoms with van der Waals surface area (Å²) in [6.07, 6.45) is 1.34. The molecule has 0 saturated carbocycles. The number of nitrogens with zero attached hydrogens (tertiary/aromatic N) is 1. The zero-order chi connectivity index (χ0) is 15.1. The van der Waals surface area contributed by atoms with E-state index in [0.29, 0.717) is 19.5 Å². The van der Waals surface area contributed by atoms with Crippen LogP contribution >= 0.6 is 0 Å². The van der Waals surface area contributed by atoms with Crippen molar-refractivity contribution in [1.82, 2.24) is 4.90 Å². The summed E-state index contributed by atoms with van der Waals surface area (Å²) in [5.41, 5.74) is 9.13. The van der Waals surface area contributed by atoms with E-state index in [4.69, 9.17) is 5.73 Å². The fraction of sp³-hybridized carbons (Fsp3) is 0.278. The van der Waals surface area contributed by atoms with E-state index in [2.05, 4.69) is 48.5 Å². The van der Waals surface area contributed by atoms with E-state index < -0.39 is 0 Å². The van der Waals surface area contributed by atoms with Crippen molar-refractivity contribution in [2.45, 2.75) is 19.4 Å². The Bertz CT molecular complexity index is 564. The number of hydrogen-bond donors (Lipinski definition) is 1. The molecule has 0 aliphatic rings. The van der Waals surface area contributed by atoms with Gasteiger partial charge < -0.3 is 10.6 Å². The first-order valence-electron chi connectivity index (χ1n) is 7.25. The lowest BCUT2D eigenvalue weighted by Crippen LogP contribution is -2.27. The largest absolute Gasteiger partial charge is 0.341 e. The Morgan fingerprint density at radius 2 is 1.52 bits per heavy atom. The molecule has 0 aromatic heterocycles. The minimum atomic E-state index is 0.0888. The van der Waals surface area contributed by atoms with Crippen molar-refractivity contribution in [3.05, 3.63) is 71.3 Å². The topological polar surface area (TPSA) is 46.3 Å². The van der Waals surface area contributed by atoms with Crippen LogP contribution in [0.15, 0.2) is 54.6 Å². The molecule has 2 aromatic rings. The molecule has 0 heterocycles. The molecule has 0 unspecified atom stereocenters. The van der Waals surface area contributed by atoms with Crippen LogP contribution in [-0.2, 0) is 17.8 Å². The minimum Gasteiger partial charge on any atom is -0.341 e. The number of carbonyl (C=O) groups is 1. The highest BCUT2D eigenvalue weighted by atomic mass is 16.2. The van der Waals surface area contributed by atoms with Gasteiger partial charge in [0.05, 0.1) is 0 Å². The van der Waals surface area contributed by atoms with Crippen LogP contribution in [0.2, 0.25) is 0 Å². The van der Waals surface area contributed by atoms with Gasteiger partial charge in [-0.2, -0.15) is 0 Å². The van der Waals surface area contributed by atoms with Crippen molar-refractivity contribution >= 4 is 5.91 Å². The SMILES string of the molecule is CN(Cc1ccc(Cc2ccccc2)cc1)C(=O)CCN. The third kappa shape index (κ3) is 4.72. The lowest BCUT2D eigenvalue weighted by Gasteiger charge is -2.17. The summed E-state index contributed by atoms with van der Waals surface area (Å²) in [6, 6.07) is 18.8. The van der Waals surface area contributed by atoms with E-state index in [1.165, 1.54) is 11.1 Å². The van der Waals surface area contributed by atoms with Gasteiger partial charge in [-0.15, -0.1) is 0 Å². The van der Waals surface area contributed by atoms with Crippen LogP contribution in [0.1, 0.15) is 23.1 Å². The highest BCUT2D eigenvalue weighted by Gasteiger charge is 2.07. The van der Waals surface area contributed by atoms with Crippen LogP contribution < -0.4 is 5.73 Å². The number of hydrogen-bond acceptors (Lipinski definition) is 2. The zero-order valence-corrected chi connectivity index (χ0v) is 12.5. The second-order valence-corrected chi connectivity index (χ2v) is 5.27. The van der Waals surface area contributed by atoms with Gasteiger partial charge in [-0.1, -0.05) is 54.6 Å². The van der Waals surface area contributed by atoms with E-state index in [0.717, 1.165) is 12.0 Å². The van der Waals surface area contributed by atoms with Crippen LogP contribution in [0.5, 0.6) is 0 Å². The Morgan fingerprint density at radius 1 is 0.952 bits per heavy atom. The van der Waals surface area contributed by atoms with Crippen LogP contribution in [0, 0.1) is 0 Å². The maximum atomic E-state index is 11.7. The van der Waals surface area contributed by atoms with Crippen LogP contribution in [0.4, 0.5) is 0 Å². The highest BCUT2D eigenvalue weighted by Crippen LogP contribution is 2.12. The van der Waals surface area contributed by atoms with Crippen molar-refractivity contribution in [1.29, 1.82) is 0 Å². The van der Waals surface area contributed by atoms with Crippen molar-refractivity contribution in [2.24, 2.45) is 5.73 Å². The molecule has 3 nitrogen and oxygen atoms in total. The molecule has 2 aromatic carbocycles. The number of nitrogens with two attached hydrogens (primary N) is 1. The molecule has 0 fully saturated rings. The normalized spacial score (nSPS) is 10.4. The molecule has 110 valence electrons. The summed E-state index contributed by atoms with van der Waals surface area (Å²) in [5.74, 6) is 0.0888. The average molecular weight is 282 g/mol. The molecule has 21 heavy (non-hydrogen) atoms. The molecule has 0 atom stereocenters. The fourth-order valence-corrected chi connectivity index (χ4v) is 2.27. The molecular formula is C18H22N2O. The van der Waals surface area contributed by atoms with Crippen LogP contribution in [-0.4, -0.2) is 24.4 Å². The fourth-order valence-electron chi connectivity index (χ4n) is 2.27. The molecule has 3 heteroatoms. The molecule has 2 rings (SSSR count). The van der Waals surface area contributed by atoms with Gasteiger partial charge in [0.25, 0.3) is 0 Å². The maximum absolute atomic E-state index is 11.7. The summed E-state index contributed by atoms with van der Waals surface area (Å²) in [4.78, 5) is 13.4. The lowest BCUT2D eigenvalue weighted by molar-refractivity contribution is -0.130. The molecule has 0 spiro atoms. The van der Waals surface area contributed by atoms with Gasteiger partial charge in [0.15, 0.2) is 0 Å². The first kappa shape index (κ1) is 15.3. The molecule has 0 bridgehead atoms. The quantitative estimate of drug-likeness (QED) is 0.885. The average Bonchev–Trinajstić information content (AvgIpc) is 2.50. The molecule has 0 aliphatic carbocycles. The predicted octanol–water partition coefficient (Wildman–Crippen LogP) is 2.58. The highest BCUT2D eigenvalue weighted by molar-refractivity contribution is 5.76. The molecular weight excluding hydrogens is 260 g/mol. The molecule has 0 aliphatic heterocycles. The molecule has 0 saturated heterocycles. The van der Waals surface area contributed by atoms with Gasteiger partial charge in [-0.05, 0) is 23.1 Å².